The van der Waals surface area contributed by atoms with Gasteiger partial charge in [-0.3, -0.25) is 21.3 Å². The Morgan fingerprint density at radius 1 is 0.339 bits per heavy atom. The maximum absolute atomic E-state index is 3.93. The predicted molar refractivity (Wildman–Crippen MR) is 230 cm³/mol. The van der Waals surface area contributed by atoms with Gasteiger partial charge < -0.3 is 5.32 Å². The summed E-state index contributed by atoms with van der Waals surface area (Å²) in [6, 6.07) is 69.7. The first-order valence-electron chi connectivity index (χ1n) is 19.5. The molecule has 10 rings (SSSR count). The second-order valence-electron chi connectivity index (χ2n) is 14.8. The highest BCUT2D eigenvalue weighted by atomic mass is 15.4. The summed E-state index contributed by atoms with van der Waals surface area (Å²) in [7, 11) is 0. The minimum Gasteiger partial charge on any atom is -0.366 e. The molecule has 0 aliphatic carbocycles. The Hall–Kier alpha value is -6.34. The van der Waals surface area contributed by atoms with Crippen molar-refractivity contribution in [3.05, 3.63) is 234 Å². The maximum Gasteiger partial charge on any atom is 0.104 e. The van der Waals surface area contributed by atoms with Gasteiger partial charge in [0.05, 0.1) is 24.5 Å². The fourth-order valence-corrected chi connectivity index (χ4v) is 8.40. The van der Waals surface area contributed by atoms with E-state index in [4.69, 9.17) is 0 Å². The van der Waals surface area contributed by atoms with Crippen LogP contribution >= 0.6 is 0 Å². The van der Waals surface area contributed by atoms with Crippen LogP contribution in [0.3, 0.4) is 0 Å². The van der Waals surface area contributed by atoms with E-state index >= 15 is 0 Å². The van der Waals surface area contributed by atoms with Gasteiger partial charge in [-0.2, -0.15) is 0 Å². The summed E-state index contributed by atoms with van der Waals surface area (Å²) in [5.41, 5.74) is 10.7. The molecule has 2 aliphatic heterocycles. The Bertz CT molecular complexity index is 2590. The van der Waals surface area contributed by atoms with Crippen molar-refractivity contribution in [1.29, 1.82) is 0 Å². The van der Waals surface area contributed by atoms with Gasteiger partial charge in [0.1, 0.15) is 6.17 Å². The smallest absolute Gasteiger partial charge is 0.104 e. The number of rotatable bonds is 7. The highest BCUT2D eigenvalue weighted by molar-refractivity contribution is 5.98. The molecule has 0 aromatic heterocycles. The van der Waals surface area contributed by atoms with Crippen molar-refractivity contribution in [2.45, 2.75) is 30.7 Å². The number of fused-ring (bicyclic) bond motifs is 2. The van der Waals surface area contributed by atoms with Crippen LogP contribution in [0.25, 0.3) is 38.4 Å². The second-order valence-corrected chi connectivity index (χ2v) is 14.8. The summed E-state index contributed by atoms with van der Waals surface area (Å²) in [6.45, 7) is 0. The second kappa shape index (κ2) is 15.1. The van der Waals surface area contributed by atoms with Crippen LogP contribution < -0.4 is 26.6 Å². The Morgan fingerprint density at radius 3 is 1.59 bits per heavy atom. The summed E-state index contributed by atoms with van der Waals surface area (Å²) in [4.78, 5) is 0. The van der Waals surface area contributed by atoms with Crippen LogP contribution in [0.5, 0.6) is 0 Å². The third-order valence-corrected chi connectivity index (χ3v) is 11.3. The van der Waals surface area contributed by atoms with E-state index in [2.05, 4.69) is 227 Å². The van der Waals surface area contributed by atoms with Gasteiger partial charge in [-0.05, 0) is 78.2 Å². The molecule has 0 bridgehead atoms. The summed E-state index contributed by atoms with van der Waals surface area (Å²) < 4.78 is 0. The molecule has 56 heavy (non-hydrogen) atoms. The molecule has 1 saturated heterocycles. The zero-order chi connectivity index (χ0) is 37.3. The summed E-state index contributed by atoms with van der Waals surface area (Å²) in [5.74, 6) is 0. The van der Waals surface area contributed by atoms with Gasteiger partial charge in [-0.15, -0.1) is 0 Å². The van der Waals surface area contributed by atoms with Crippen molar-refractivity contribution in [2.75, 3.05) is 0 Å². The number of nitrogens with one attached hydrogen (secondary N) is 5. The van der Waals surface area contributed by atoms with Crippen molar-refractivity contribution in [3.63, 3.8) is 0 Å². The highest BCUT2D eigenvalue weighted by Crippen LogP contribution is 2.39. The van der Waals surface area contributed by atoms with Crippen LogP contribution in [-0.4, -0.2) is 0 Å². The van der Waals surface area contributed by atoms with Crippen molar-refractivity contribution in [2.24, 2.45) is 0 Å². The molecule has 5 heteroatoms. The van der Waals surface area contributed by atoms with Gasteiger partial charge in [0.25, 0.3) is 0 Å². The molecule has 8 aromatic rings. The molecule has 5 nitrogen and oxygen atoms in total. The van der Waals surface area contributed by atoms with E-state index in [1.165, 1.54) is 66.1 Å². The molecular weight excluding hydrogens is 683 g/mol. The number of hydrogen-bond acceptors (Lipinski definition) is 5. The summed E-state index contributed by atoms with van der Waals surface area (Å²) in [5, 5.41) is 24.4. The Kier molecular flexibility index (Phi) is 9.19. The van der Waals surface area contributed by atoms with E-state index in [9.17, 15) is 0 Å². The quantitative estimate of drug-likeness (QED) is 0.113. The molecule has 4 atom stereocenters. The van der Waals surface area contributed by atoms with Gasteiger partial charge in [-0.25, -0.2) is 0 Å². The third-order valence-electron chi connectivity index (χ3n) is 11.3. The number of hydrogen-bond donors (Lipinski definition) is 5. The van der Waals surface area contributed by atoms with Crippen LogP contribution in [-0.2, 0) is 0 Å². The van der Waals surface area contributed by atoms with E-state index in [0.717, 1.165) is 5.70 Å². The zero-order valence-electron chi connectivity index (χ0n) is 30.9. The highest BCUT2D eigenvalue weighted by Gasteiger charge is 2.31. The lowest BCUT2D eigenvalue weighted by Crippen LogP contribution is -2.54. The van der Waals surface area contributed by atoms with Crippen LogP contribution in [0.15, 0.2) is 200 Å². The average Bonchev–Trinajstić information content (AvgIpc) is 3.29. The SMILES string of the molecule is C1=C(c2ccccc2)NC(c2ccc3ccccc3c2)NC1c1ccc(-c2c(C3NC(c4ccccc4)NC(c4ccccc4)N3)ccc3ccccc23)cc1. The van der Waals surface area contributed by atoms with Gasteiger partial charge in [0, 0.05) is 5.70 Å². The van der Waals surface area contributed by atoms with E-state index < -0.39 is 0 Å². The Balaban J connectivity index is 1.03. The first-order valence-corrected chi connectivity index (χ1v) is 19.5. The van der Waals surface area contributed by atoms with E-state index in [1.807, 2.05) is 0 Å². The zero-order valence-corrected chi connectivity index (χ0v) is 30.9. The molecule has 0 saturated carbocycles. The van der Waals surface area contributed by atoms with E-state index in [-0.39, 0.29) is 30.7 Å². The van der Waals surface area contributed by atoms with Gasteiger partial charge in [0.15, 0.2) is 0 Å². The molecule has 0 radical (unpaired) electrons. The minimum absolute atomic E-state index is 0.00465. The first kappa shape index (κ1) is 34.2. The van der Waals surface area contributed by atoms with Crippen molar-refractivity contribution < 1.29 is 0 Å². The minimum atomic E-state index is -0.129. The number of benzene rings is 8. The van der Waals surface area contributed by atoms with Crippen LogP contribution in [0.1, 0.15) is 64.1 Å². The van der Waals surface area contributed by atoms with Gasteiger partial charge in [-0.1, -0.05) is 188 Å². The normalized spacial score (nSPS) is 21.0. The fraction of sp³-hybridized carbons (Fsp3) is 0.0980. The molecule has 0 spiro atoms. The molecule has 2 heterocycles. The lowest BCUT2D eigenvalue weighted by Gasteiger charge is -2.40. The molecular formula is C51H43N5. The molecule has 0 amide bonds. The maximum atomic E-state index is 3.93. The van der Waals surface area contributed by atoms with Crippen molar-refractivity contribution >= 4 is 27.2 Å². The predicted octanol–water partition coefficient (Wildman–Crippen LogP) is 10.8. The van der Waals surface area contributed by atoms with Crippen molar-refractivity contribution in [3.8, 4) is 11.1 Å². The van der Waals surface area contributed by atoms with Crippen molar-refractivity contribution in [1.82, 2.24) is 26.6 Å². The molecule has 4 unspecified atom stereocenters. The molecule has 272 valence electrons. The van der Waals surface area contributed by atoms with Crippen LogP contribution in [0.2, 0.25) is 0 Å². The molecule has 8 aromatic carbocycles. The van der Waals surface area contributed by atoms with Gasteiger partial charge in [0.2, 0.25) is 0 Å². The molecule has 1 fully saturated rings. The lowest BCUT2D eigenvalue weighted by molar-refractivity contribution is 0.203. The monoisotopic (exact) mass is 725 g/mol. The standard InChI is InChI=1S/C51H43N5/c1-4-16-36(17-5-1)45-33-46(53-50(52-45)42-29-24-34-14-10-11-22-41(34)32-42)37-25-27-38(28-26-37)47-43-23-13-12-15-35(43)30-31-44(47)51-55-48(39-18-6-2-7-19-39)54-49(56-51)40-20-8-3-9-21-40/h1-33,46,48-56H. The van der Waals surface area contributed by atoms with Crippen LogP contribution in [0.4, 0.5) is 0 Å². The Labute approximate surface area is 328 Å². The fourth-order valence-electron chi connectivity index (χ4n) is 8.40. The molecule has 5 N–H and O–H groups in total. The topological polar surface area (TPSA) is 60.1 Å². The largest absolute Gasteiger partial charge is 0.366 e. The average molecular weight is 726 g/mol. The van der Waals surface area contributed by atoms with E-state index in [0.29, 0.717) is 0 Å². The lowest BCUT2D eigenvalue weighted by atomic mass is 9.89. The van der Waals surface area contributed by atoms with Crippen LogP contribution in [0, 0.1) is 0 Å². The molecule has 2 aliphatic rings. The summed E-state index contributed by atoms with van der Waals surface area (Å²) in [6.07, 6.45) is 2.02. The van der Waals surface area contributed by atoms with Gasteiger partial charge >= 0.3 is 0 Å². The van der Waals surface area contributed by atoms with E-state index in [1.54, 1.807) is 0 Å². The summed E-state index contributed by atoms with van der Waals surface area (Å²) >= 11 is 0. The third kappa shape index (κ3) is 6.79. The first-order chi connectivity index (χ1) is 27.7. The Morgan fingerprint density at radius 2 is 0.893 bits per heavy atom.